The van der Waals surface area contributed by atoms with Gasteiger partial charge in [0.1, 0.15) is 28.8 Å². The van der Waals surface area contributed by atoms with Gasteiger partial charge >= 0.3 is 0 Å². The number of likely N-dealkylation sites (tertiary alicyclic amines) is 1. The van der Waals surface area contributed by atoms with Crippen molar-refractivity contribution in [3.05, 3.63) is 121 Å². The van der Waals surface area contributed by atoms with Crippen molar-refractivity contribution in [2.45, 2.75) is 25.3 Å². The van der Waals surface area contributed by atoms with Gasteiger partial charge in [0.25, 0.3) is 0 Å². The number of ether oxygens (including phenoxy) is 1. The molecule has 1 fully saturated rings. The molecule has 1 atom stereocenters. The van der Waals surface area contributed by atoms with Crippen molar-refractivity contribution in [1.82, 2.24) is 19.7 Å². The van der Waals surface area contributed by atoms with Crippen molar-refractivity contribution in [3.63, 3.8) is 0 Å². The van der Waals surface area contributed by atoms with Crippen LogP contribution < -0.4 is 10.5 Å². The van der Waals surface area contributed by atoms with Gasteiger partial charge in [-0.05, 0) is 79.5 Å². The minimum Gasteiger partial charge on any atom is -0.457 e. The zero-order chi connectivity index (χ0) is 29.8. The Morgan fingerprint density at radius 1 is 1.07 bits per heavy atom. The predicted molar refractivity (Wildman–Crippen MR) is 169 cm³/mol. The van der Waals surface area contributed by atoms with Gasteiger partial charge in [0.15, 0.2) is 0 Å². The summed E-state index contributed by atoms with van der Waals surface area (Å²) in [6, 6.07) is 17.3. The van der Waals surface area contributed by atoms with Crippen LogP contribution in [0.4, 0.5) is 10.2 Å². The summed E-state index contributed by atoms with van der Waals surface area (Å²) in [5.41, 5.74) is 10.7. The number of hydrogen-bond donors (Lipinski definition) is 1. The molecule has 1 unspecified atom stereocenters. The van der Waals surface area contributed by atoms with Crippen LogP contribution in [0.25, 0.3) is 28.2 Å². The van der Waals surface area contributed by atoms with E-state index in [0.29, 0.717) is 36.8 Å². The molecule has 1 aliphatic heterocycles. The summed E-state index contributed by atoms with van der Waals surface area (Å²) in [6.45, 7) is 4.86. The maximum absolute atomic E-state index is 13.7. The highest BCUT2D eigenvalue weighted by Crippen LogP contribution is 2.38. The average molecular weight is 574 g/mol. The van der Waals surface area contributed by atoms with E-state index in [9.17, 15) is 9.18 Å². The number of nitrogens with two attached hydrogens (primary N) is 1. The minimum absolute atomic E-state index is 0.0689. The van der Waals surface area contributed by atoms with Crippen molar-refractivity contribution in [2.24, 2.45) is 0 Å². The van der Waals surface area contributed by atoms with Crippen LogP contribution in [0.5, 0.6) is 11.5 Å². The summed E-state index contributed by atoms with van der Waals surface area (Å²) >= 11 is 0. The summed E-state index contributed by atoms with van der Waals surface area (Å²) in [7, 11) is 0. The lowest BCUT2D eigenvalue weighted by atomic mass is 10.0. The maximum atomic E-state index is 13.7. The van der Waals surface area contributed by atoms with Crippen LogP contribution in [0.2, 0.25) is 0 Å². The van der Waals surface area contributed by atoms with Crippen molar-refractivity contribution in [1.29, 1.82) is 0 Å². The largest absolute Gasteiger partial charge is 0.457 e. The predicted octanol–water partition coefficient (Wildman–Crippen LogP) is 7.58. The van der Waals surface area contributed by atoms with Crippen LogP contribution in [-0.2, 0) is 4.79 Å². The van der Waals surface area contributed by atoms with E-state index in [1.807, 2.05) is 76.3 Å². The van der Waals surface area contributed by atoms with Crippen LogP contribution in [0.15, 0.2) is 115 Å². The molecule has 216 valence electrons. The number of nitrogens with zero attached hydrogens (tertiary/aromatic N) is 4. The normalized spacial score (nSPS) is 17.0. The van der Waals surface area contributed by atoms with Crippen molar-refractivity contribution in [3.8, 4) is 22.8 Å². The highest BCUT2D eigenvalue weighted by molar-refractivity contribution is 6.03. The quantitative estimate of drug-likeness (QED) is 0.230. The fraction of sp³-hybridized carbons (Fsp3) is 0.171. The van der Waals surface area contributed by atoms with Gasteiger partial charge in [0.2, 0.25) is 5.91 Å². The summed E-state index contributed by atoms with van der Waals surface area (Å²) in [4.78, 5) is 18.9. The first-order valence-electron chi connectivity index (χ1n) is 14.3. The molecule has 4 aromatic rings. The van der Waals surface area contributed by atoms with Crippen LogP contribution in [0, 0.1) is 0 Å². The summed E-state index contributed by atoms with van der Waals surface area (Å²) in [5.74, 6) is 1.46. The highest BCUT2D eigenvalue weighted by atomic mass is 19.1. The van der Waals surface area contributed by atoms with E-state index in [1.165, 1.54) is 18.2 Å². The Bertz CT molecular complexity index is 1780. The number of nitrogen functional groups attached to an aromatic ring is 1. The molecule has 2 aromatic carbocycles. The number of hydrogen-bond acceptors (Lipinski definition) is 5. The molecule has 0 radical (unpaired) electrons. The summed E-state index contributed by atoms with van der Waals surface area (Å²) in [5, 5.41) is 5.87. The van der Waals surface area contributed by atoms with E-state index >= 15 is 0 Å². The monoisotopic (exact) mass is 573 g/mol. The summed E-state index contributed by atoms with van der Waals surface area (Å²) in [6.07, 6.45) is 15.8. The third kappa shape index (κ3) is 6.04. The molecular formula is C35H32FN5O2. The zero-order valence-electron chi connectivity index (χ0n) is 23.7. The van der Waals surface area contributed by atoms with Crippen LogP contribution in [-0.4, -0.2) is 38.7 Å². The van der Waals surface area contributed by atoms with E-state index in [4.69, 9.17) is 15.6 Å². The molecule has 7 nitrogen and oxygen atoms in total. The number of carbonyl (C=O) groups is 1. The molecule has 3 heterocycles. The van der Waals surface area contributed by atoms with Gasteiger partial charge < -0.3 is 15.4 Å². The fourth-order valence-electron chi connectivity index (χ4n) is 5.53. The number of para-hydroxylation sites is 1. The van der Waals surface area contributed by atoms with Crippen molar-refractivity contribution < 1.29 is 13.9 Å². The number of pyridine rings is 1. The topological polar surface area (TPSA) is 86.3 Å². The van der Waals surface area contributed by atoms with E-state index in [1.54, 1.807) is 18.3 Å². The number of rotatable bonds is 7. The molecule has 0 saturated carbocycles. The second-order valence-electron chi connectivity index (χ2n) is 10.6. The molecule has 0 bridgehead atoms. The number of piperidine rings is 1. The van der Waals surface area contributed by atoms with Crippen LogP contribution in [0.3, 0.4) is 0 Å². The van der Waals surface area contributed by atoms with Gasteiger partial charge in [-0.2, -0.15) is 5.10 Å². The average Bonchev–Trinajstić information content (AvgIpc) is 3.33. The van der Waals surface area contributed by atoms with Gasteiger partial charge in [-0.25, -0.2) is 9.37 Å². The number of benzene rings is 2. The van der Waals surface area contributed by atoms with E-state index < -0.39 is 0 Å². The second kappa shape index (κ2) is 12.3. The maximum Gasteiger partial charge on any atom is 0.246 e. The molecule has 43 heavy (non-hydrogen) atoms. The lowest BCUT2D eigenvalue weighted by Crippen LogP contribution is -2.40. The summed E-state index contributed by atoms with van der Waals surface area (Å²) < 4.78 is 21.7. The molecule has 1 saturated heterocycles. The van der Waals surface area contributed by atoms with Crippen LogP contribution in [0.1, 0.15) is 30.9 Å². The minimum atomic E-state index is -0.279. The van der Waals surface area contributed by atoms with E-state index in [2.05, 4.69) is 11.6 Å². The fourth-order valence-corrected chi connectivity index (χ4v) is 5.53. The third-order valence-electron chi connectivity index (χ3n) is 7.68. The highest BCUT2D eigenvalue weighted by Gasteiger charge is 2.28. The first-order chi connectivity index (χ1) is 21.0. The molecule has 6 rings (SSSR count). The van der Waals surface area contributed by atoms with Gasteiger partial charge in [-0.3, -0.25) is 9.48 Å². The number of allylic oxidation sites excluding steroid dienone is 7. The van der Waals surface area contributed by atoms with Crippen molar-refractivity contribution >= 4 is 28.7 Å². The SMILES string of the molecule is C=CC(=O)N1CCCC(n2nc(-c3ccc(Oc4ccccc4)cc3)c3c(N)ncc(/C=C/C4=CC=C(F)C=CC4)c32)C1. The van der Waals surface area contributed by atoms with Gasteiger partial charge in [0.05, 0.1) is 16.9 Å². The molecule has 2 aromatic heterocycles. The number of amides is 1. The third-order valence-corrected chi connectivity index (χ3v) is 7.68. The molecule has 0 spiro atoms. The Hall–Kier alpha value is -5.24. The number of carbonyl (C=O) groups excluding carboxylic acids is 1. The van der Waals surface area contributed by atoms with Crippen LogP contribution >= 0.6 is 0 Å². The first-order valence-corrected chi connectivity index (χ1v) is 14.3. The van der Waals surface area contributed by atoms with Gasteiger partial charge in [-0.15, -0.1) is 0 Å². The second-order valence-corrected chi connectivity index (χ2v) is 10.6. The van der Waals surface area contributed by atoms with Gasteiger partial charge in [0, 0.05) is 30.4 Å². The number of anilines is 1. The Kier molecular flexibility index (Phi) is 8.00. The molecule has 1 amide bonds. The Morgan fingerprint density at radius 3 is 2.65 bits per heavy atom. The standard InChI is InChI=1S/C35H32FN5O2/c1-2-31(42)40-21-7-10-28(23-40)41-34-26(15-13-24-8-6-9-27(36)18-14-24)22-38-35(37)32(34)33(39-41)25-16-19-30(20-17-25)43-29-11-4-3-5-12-29/h2-6,9,11-20,22,28H,1,7-8,10,21,23H2,(H2,37,38)/b15-13+. The van der Waals surface area contributed by atoms with Crippen molar-refractivity contribution in [2.75, 3.05) is 18.8 Å². The number of aromatic nitrogens is 3. The Balaban J connectivity index is 1.44. The molecule has 2 aliphatic rings. The van der Waals surface area contributed by atoms with E-state index in [0.717, 1.165) is 46.2 Å². The lowest BCUT2D eigenvalue weighted by Gasteiger charge is -2.32. The number of halogens is 1. The number of fused-ring (bicyclic) bond motifs is 1. The first kappa shape index (κ1) is 27.9. The molecular weight excluding hydrogens is 541 g/mol. The Labute approximate surface area is 249 Å². The molecule has 8 heteroatoms. The van der Waals surface area contributed by atoms with E-state index in [-0.39, 0.29) is 17.8 Å². The molecule has 1 aliphatic carbocycles. The Morgan fingerprint density at radius 2 is 1.86 bits per heavy atom. The zero-order valence-corrected chi connectivity index (χ0v) is 23.7. The smallest absolute Gasteiger partial charge is 0.246 e. The van der Waals surface area contributed by atoms with Gasteiger partial charge in [-0.1, -0.05) is 49.1 Å². The lowest BCUT2D eigenvalue weighted by molar-refractivity contribution is -0.127. The molecule has 2 N–H and O–H groups in total.